The Morgan fingerprint density at radius 2 is 2.21 bits per heavy atom. The SMILES string of the molecule is Nc1ccc(N2CCC(F)(F)C2)cn1. The molecule has 1 aliphatic rings. The summed E-state index contributed by atoms with van der Waals surface area (Å²) in [6, 6.07) is 3.33. The predicted molar refractivity (Wildman–Crippen MR) is 50.4 cm³/mol. The van der Waals surface area contributed by atoms with Gasteiger partial charge in [0.05, 0.1) is 18.4 Å². The predicted octanol–water partition coefficient (Wildman–Crippen LogP) is 1.51. The number of hydrogen-bond acceptors (Lipinski definition) is 3. The molecular weight excluding hydrogens is 188 g/mol. The molecule has 1 aromatic heterocycles. The fourth-order valence-electron chi connectivity index (χ4n) is 1.54. The molecule has 1 aromatic rings. The van der Waals surface area contributed by atoms with E-state index in [1.165, 1.54) is 6.20 Å². The van der Waals surface area contributed by atoms with Gasteiger partial charge in [-0.15, -0.1) is 0 Å². The number of nitrogens with two attached hydrogens (primary N) is 1. The number of anilines is 2. The van der Waals surface area contributed by atoms with E-state index in [0.29, 0.717) is 18.1 Å². The third-order valence-corrected chi connectivity index (χ3v) is 2.31. The van der Waals surface area contributed by atoms with Crippen LogP contribution in [-0.2, 0) is 0 Å². The summed E-state index contributed by atoms with van der Waals surface area (Å²) in [6.45, 7) is 0.150. The maximum atomic E-state index is 12.9. The highest BCUT2D eigenvalue weighted by Crippen LogP contribution is 2.30. The van der Waals surface area contributed by atoms with Crippen LogP contribution in [0.1, 0.15) is 6.42 Å². The average Bonchev–Trinajstić information content (AvgIpc) is 2.47. The summed E-state index contributed by atoms with van der Waals surface area (Å²) in [5.74, 6) is -2.17. The molecule has 2 N–H and O–H groups in total. The van der Waals surface area contributed by atoms with Crippen LogP contribution in [-0.4, -0.2) is 24.0 Å². The monoisotopic (exact) mass is 199 g/mol. The van der Waals surface area contributed by atoms with E-state index in [1.54, 1.807) is 17.0 Å². The highest BCUT2D eigenvalue weighted by atomic mass is 19.3. The van der Waals surface area contributed by atoms with Gasteiger partial charge in [0.1, 0.15) is 5.82 Å². The lowest BCUT2D eigenvalue weighted by Gasteiger charge is -2.17. The van der Waals surface area contributed by atoms with Crippen molar-refractivity contribution >= 4 is 11.5 Å². The van der Waals surface area contributed by atoms with Gasteiger partial charge < -0.3 is 10.6 Å². The van der Waals surface area contributed by atoms with Gasteiger partial charge in [-0.2, -0.15) is 0 Å². The van der Waals surface area contributed by atoms with Gasteiger partial charge in [0.25, 0.3) is 5.92 Å². The third kappa shape index (κ3) is 1.76. The van der Waals surface area contributed by atoms with E-state index in [-0.39, 0.29) is 13.0 Å². The summed E-state index contributed by atoms with van der Waals surface area (Å²) in [4.78, 5) is 5.48. The van der Waals surface area contributed by atoms with Gasteiger partial charge in [0, 0.05) is 13.0 Å². The van der Waals surface area contributed by atoms with E-state index < -0.39 is 5.92 Å². The molecule has 3 nitrogen and oxygen atoms in total. The fraction of sp³-hybridized carbons (Fsp3) is 0.444. The van der Waals surface area contributed by atoms with Crippen molar-refractivity contribution in [1.82, 2.24) is 4.98 Å². The van der Waals surface area contributed by atoms with Gasteiger partial charge in [-0.25, -0.2) is 13.8 Å². The Bertz CT molecular complexity index is 323. The van der Waals surface area contributed by atoms with Crippen LogP contribution in [0.25, 0.3) is 0 Å². The van der Waals surface area contributed by atoms with Gasteiger partial charge >= 0.3 is 0 Å². The molecule has 76 valence electrons. The van der Waals surface area contributed by atoms with E-state index in [4.69, 9.17) is 5.73 Å². The van der Waals surface area contributed by atoms with Crippen molar-refractivity contribution in [3.8, 4) is 0 Å². The lowest BCUT2D eigenvalue weighted by atomic mass is 10.3. The number of alkyl halides is 2. The molecule has 14 heavy (non-hydrogen) atoms. The zero-order chi connectivity index (χ0) is 10.2. The maximum absolute atomic E-state index is 12.9. The summed E-state index contributed by atoms with van der Waals surface area (Å²) in [5.41, 5.74) is 6.11. The Kier molecular flexibility index (Phi) is 2.02. The molecule has 1 saturated heterocycles. The first kappa shape index (κ1) is 9.18. The number of halogens is 2. The first-order valence-electron chi connectivity index (χ1n) is 4.41. The van der Waals surface area contributed by atoms with Crippen LogP contribution in [0.5, 0.6) is 0 Å². The lowest BCUT2D eigenvalue weighted by Crippen LogP contribution is -2.24. The molecule has 0 bridgehead atoms. The molecule has 5 heteroatoms. The Balaban J connectivity index is 2.14. The van der Waals surface area contributed by atoms with Crippen molar-refractivity contribution in [1.29, 1.82) is 0 Å². The van der Waals surface area contributed by atoms with Gasteiger partial charge in [-0.05, 0) is 12.1 Å². The number of nitrogens with zero attached hydrogens (tertiary/aromatic N) is 2. The van der Waals surface area contributed by atoms with Gasteiger partial charge in [-0.3, -0.25) is 0 Å². The molecule has 0 aromatic carbocycles. The standard InChI is InChI=1S/C9H11F2N3/c10-9(11)3-4-14(6-9)7-1-2-8(12)13-5-7/h1-2,5H,3-4,6H2,(H2,12,13). The zero-order valence-corrected chi connectivity index (χ0v) is 7.58. The van der Waals surface area contributed by atoms with Gasteiger partial charge in [0.2, 0.25) is 0 Å². The van der Waals surface area contributed by atoms with Crippen molar-refractivity contribution < 1.29 is 8.78 Å². The molecular formula is C9H11F2N3. The first-order valence-corrected chi connectivity index (χ1v) is 4.41. The molecule has 0 atom stereocenters. The molecule has 0 amide bonds. The topological polar surface area (TPSA) is 42.1 Å². The second-order valence-corrected chi connectivity index (χ2v) is 3.47. The van der Waals surface area contributed by atoms with Crippen molar-refractivity contribution in [3.63, 3.8) is 0 Å². The van der Waals surface area contributed by atoms with E-state index in [0.717, 1.165) is 0 Å². The summed E-state index contributed by atoms with van der Waals surface area (Å²) in [7, 11) is 0. The largest absolute Gasteiger partial charge is 0.384 e. The zero-order valence-electron chi connectivity index (χ0n) is 7.58. The fourth-order valence-corrected chi connectivity index (χ4v) is 1.54. The average molecular weight is 199 g/mol. The highest BCUT2D eigenvalue weighted by Gasteiger charge is 2.38. The maximum Gasteiger partial charge on any atom is 0.266 e. The number of aromatic nitrogens is 1. The molecule has 0 radical (unpaired) electrons. The van der Waals surface area contributed by atoms with Crippen molar-refractivity contribution in [3.05, 3.63) is 18.3 Å². The van der Waals surface area contributed by atoms with Crippen molar-refractivity contribution in [2.24, 2.45) is 0 Å². The molecule has 0 unspecified atom stereocenters. The molecule has 1 aliphatic heterocycles. The molecule has 0 spiro atoms. The smallest absolute Gasteiger partial charge is 0.266 e. The number of pyridine rings is 1. The first-order chi connectivity index (χ1) is 6.57. The third-order valence-electron chi connectivity index (χ3n) is 2.31. The van der Waals surface area contributed by atoms with Gasteiger partial charge in [0.15, 0.2) is 0 Å². The number of rotatable bonds is 1. The molecule has 2 rings (SSSR count). The molecule has 2 heterocycles. The minimum Gasteiger partial charge on any atom is -0.384 e. The van der Waals surface area contributed by atoms with Crippen LogP contribution in [0, 0.1) is 0 Å². The summed E-state index contributed by atoms with van der Waals surface area (Å²) >= 11 is 0. The van der Waals surface area contributed by atoms with Crippen LogP contribution in [0.2, 0.25) is 0 Å². The van der Waals surface area contributed by atoms with E-state index in [1.807, 2.05) is 0 Å². The summed E-state index contributed by atoms with van der Waals surface area (Å²) in [5, 5.41) is 0. The van der Waals surface area contributed by atoms with Crippen LogP contribution < -0.4 is 10.6 Å². The second kappa shape index (κ2) is 3.08. The molecule has 0 aliphatic carbocycles. The Hall–Kier alpha value is -1.39. The normalized spacial score (nSPS) is 20.0. The molecule has 1 fully saturated rings. The second-order valence-electron chi connectivity index (χ2n) is 3.47. The van der Waals surface area contributed by atoms with Crippen LogP contribution >= 0.6 is 0 Å². The lowest BCUT2D eigenvalue weighted by molar-refractivity contribution is 0.0257. The summed E-state index contributed by atoms with van der Waals surface area (Å²) in [6.07, 6.45) is 1.44. The Labute approximate surface area is 80.5 Å². The van der Waals surface area contributed by atoms with Crippen molar-refractivity contribution in [2.75, 3.05) is 23.7 Å². The molecule has 0 saturated carbocycles. The number of hydrogen-bond donors (Lipinski definition) is 1. The highest BCUT2D eigenvalue weighted by molar-refractivity contribution is 5.49. The van der Waals surface area contributed by atoms with E-state index in [2.05, 4.69) is 4.98 Å². The minimum atomic E-state index is -2.57. The quantitative estimate of drug-likeness (QED) is 0.745. The Morgan fingerprint density at radius 3 is 2.71 bits per heavy atom. The van der Waals surface area contributed by atoms with E-state index in [9.17, 15) is 8.78 Å². The van der Waals surface area contributed by atoms with Gasteiger partial charge in [-0.1, -0.05) is 0 Å². The van der Waals surface area contributed by atoms with Crippen LogP contribution in [0.15, 0.2) is 18.3 Å². The van der Waals surface area contributed by atoms with E-state index >= 15 is 0 Å². The Morgan fingerprint density at radius 1 is 1.43 bits per heavy atom. The van der Waals surface area contributed by atoms with Crippen LogP contribution in [0.3, 0.4) is 0 Å². The number of nitrogen functional groups attached to an aromatic ring is 1. The summed E-state index contributed by atoms with van der Waals surface area (Å²) < 4.78 is 25.7. The minimum absolute atomic E-state index is 0.0859. The van der Waals surface area contributed by atoms with Crippen LogP contribution in [0.4, 0.5) is 20.3 Å². The van der Waals surface area contributed by atoms with Crippen molar-refractivity contribution in [2.45, 2.75) is 12.3 Å².